The van der Waals surface area contributed by atoms with Gasteiger partial charge >= 0.3 is 0 Å². The molecule has 1 aromatic carbocycles. The number of halogens is 1. The van der Waals surface area contributed by atoms with Crippen LogP contribution in [0.15, 0.2) is 24.3 Å². The average Bonchev–Trinajstić information content (AvgIpc) is 2.59. The van der Waals surface area contributed by atoms with E-state index >= 15 is 0 Å². The van der Waals surface area contributed by atoms with Crippen LogP contribution in [0.1, 0.15) is 23.2 Å². The summed E-state index contributed by atoms with van der Waals surface area (Å²) < 4.78 is 23.5. The Kier molecular flexibility index (Phi) is 7.14. The SMILES string of the molecule is CO[C@H]1COCC[C@@H]1CC(=O)NCCNC(=O)c1ccc(F)cc1. The second-order valence-corrected chi connectivity index (χ2v) is 5.71. The minimum atomic E-state index is -0.388. The minimum absolute atomic E-state index is 0.0531. The number of ether oxygens (including phenoxy) is 2. The Morgan fingerprint density at radius 3 is 2.67 bits per heavy atom. The van der Waals surface area contributed by atoms with Crippen molar-refractivity contribution in [2.45, 2.75) is 18.9 Å². The largest absolute Gasteiger partial charge is 0.379 e. The number of methoxy groups -OCH3 is 1. The Hall–Kier alpha value is -1.99. The first-order valence-corrected chi connectivity index (χ1v) is 8.01. The van der Waals surface area contributed by atoms with Gasteiger partial charge in [-0.1, -0.05) is 0 Å². The third-order valence-electron chi connectivity index (χ3n) is 4.03. The van der Waals surface area contributed by atoms with E-state index in [0.29, 0.717) is 38.3 Å². The maximum absolute atomic E-state index is 12.8. The van der Waals surface area contributed by atoms with Crippen molar-refractivity contribution in [3.05, 3.63) is 35.6 Å². The van der Waals surface area contributed by atoms with Gasteiger partial charge in [0.2, 0.25) is 5.91 Å². The van der Waals surface area contributed by atoms with Crippen LogP contribution in [0.4, 0.5) is 4.39 Å². The highest BCUT2D eigenvalue weighted by molar-refractivity contribution is 5.94. The molecule has 2 N–H and O–H groups in total. The Bertz CT molecular complexity index is 550. The van der Waals surface area contributed by atoms with Gasteiger partial charge < -0.3 is 20.1 Å². The first-order valence-electron chi connectivity index (χ1n) is 8.01. The van der Waals surface area contributed by atoms with E-state index in [2.05, 4.69) is 10.6 Å². The summed E-state index contributed by atoms with van der Waals surface area (Å²) in [7, 11) is 1.62. The van der Waals surface area contributed by atoms with Gasteiger partial charge in [-0.25, -0.2) is 4.39 Å². The zero-order valence-corrected chi connectivity index (χ0v) is 13.7. The fourth-order valence-corrected chi connectivity index (χ4v) is 2.64. The molecule has 24 heavy (non-hydrogen) atoms. The predicted octanol–water partition coefficient (Wildman–Crippen LogP) is 1.11. The number of amides is 2. The van der Waals surface area contributed by atoms with Crippen molar-refractivity contribution >= 4 is 11.8 Å². The van der Waals surface area contributed by atoms with E-state index in [1.54, 1.807) is 7.11 Å². The van der Waals surface area contributed by atoms with Crippen molar-refractivity contribution in [1.82, 2.24) is 10.6 Å². The van der Waals surface area contributed by atoms with Gasteiger partial charge in [0, 0.05) is 38.8 Å². The summed E-state index contributed by atoms with van der Waals surface area (Å²) in [6, 6.07) is 5.30. The van der Waals surface area contributed by atoms with E-state index in [4.69, 9.17) is 9.47 Å². The lowest BCUT2D eigenvalue weighted by molar-refractivity contribution is -0.126. The molecule has 0 saturated carbocycles. The van der Waals surface area contributed by atoms with E-state index in [9.17, 15) is 14.0 Å². The van der Waals surface area contributed by atoms with Crippen molar-refractivity contribution < 1.29 is 23.5 Å². The lowest BCUT2D eigenvalue weighted by Gasteiger charge is -2.29. The molecule has 0 bridgehead atoms. The molecule has 0 aromatic heterocycles. The van der Waals surface area contributed by atoms with E-state index < -0.39 is 0 Å². The molecule has 0 spiro atoms. The number of carbonyl (C=O) groups excluding carboxylic acids is 2. The molecule has 2 atom stereocenters. The van der Waals surface area contributed by atoms with E-state index in [1.165, 1.54) is 24.3 Å². The molecule has 1 aromatic rings. The molecule has 7 heteroatoms. The molecule has 2 amide bonds. The third kappa shape index (κ3) is 5.58. The highest BCUT2D eigenvalue weighted by Gasteiger charge is 2.27. The molecule has 1 heterocycles. The van der Waals surface area contributed by atoms with Crippen molar-refractivity contribution in [1.29, 1.82) is 0 Å². The fourth-order valence-electron chi connectivity index (χ4n) is 2.64. The van der Waals surface area contributed by atoms with Crippen LogP contribution in [0.5, 0.6) is 0 Å². The zero-order valence-electron chi connectivity index (χ0n) is 13.7. The van der Waals surface area contributed by atoms with Crippen LogP contribution in [-0.4, -0.2) is 51.3 Å². The van der Waals surface area contributed by atoms with Gasteiger partial charge in [0.25, 0.3) is 5.91 Å². The summed E-state index contributed by atoms with van der Waals surface area (Å²) in [6.07, 6.45) is 1.13. The monoisotopic (exact) mass is 338 g/mol. The van der Waals surface area contributed by atoms with Crippen molar-refractivity contribution in [2.24, 2.45) is 5.92 Å². The Balaban J connectivity index is 1.65. The van der Waals surface area contributed by atoms with Crippen LogP contribution in [0.3, 0.4) is 0 Å². The summed E-state index contributed by atoms with van der Waals surface area (Å²) in [4.78, 5) is 23.8. The van der Waals surface area contributed by atoms with Crippen LogP contribution in [-0.2, 0) is 14.3 Å². The Labute approximate surface area is 140 Å². The molecule has 1 aliphatic heterocycles. The normalized spacial score (nSPS) is 20.4. The van der Waals surface area contributed by atoms with Gasteiger partial charge in [-0.2, -0.15) is 0 Å². The molecule has 1 aliphatic rings. The maximum Gasteiger partial charge on any atom is 0.251 e. The number of carbonyl (C=O) groups is 2. The topological polar surface area (TPSA) is 76.7 Å². The summed E-state index contributed by atoms with van der Waals surface area (Å²) in [5, 5.41) is 5.46. The Morgan fingerprint density at radius 1 is 1.25 bits per heavy atom. The maximum atomic E-state index is 12.8. The van der Waals surface area contributed by atoms with Gasteiger partial charge in [-0.3, -0.25) is 9.59 Å². The summed E-state index contributed by atoms with van der Waals surface area (Å²) in [5.74, 6) is -0.605. The summed E-state index contributed by atoms with van der Waals surface area (Å²) in [6.45, 7) is 1.81. The Morgan fingerprint density at radius 2 is 1.96 bits per heavy atom. The number of nitrogens with one attached hydrogen (secondary N) is 2. The lowest BCUT2D eigenvalue weighted by atomic mass is 9.93. The van der Waals surface area contributed by atoms with Gasteiger partial charge in [0.1, 0.15) is 5.82 Å². The number of hydrogen-bond donors (Lipinski definition) is 2. The predicted molar refractivity (Wildman–Crippen MR) is 86.1 cm³/mol. The van der Waals surface area contributed by atoms with Gasteiger partial charge in [-0.05, 0) is 36.6 Å². The third-order valence-corrected chi connectivity index (χ3v) is 4.03. The molecule has 0 radical (unpaired) electrons. The van der Waals surface area contributed by atoms with Crippen molar-refractivity contribution in [3.8, 4) is 0 Å². The highest BCUT2D eigenvalue weighted by Crippen LogP contribution is 2.21. The van der Waals surface area contributed by atoms with Crippen molar-refractivity contribution in [2.75, 3.05) is 33.4 Å². The first-order chi connectivity index (χ1) is 11.6. The second kappa shape index (κ2) is 9.34. The number of benzene rings is 1. The van der Waals surface area contributed by atoms with Crippen LogP contribution in [0.25, 0.3) is 0 Å². The standard InChI is InChI=1S/C17H23FN2O4/c1-23-15-11-24-9-6-13(15)10-16(21)19-7-8-20-17(22)12-2-4-14(18)5-3-12/h2-5,13,15H,6-11H2,1H3,(H,19,21)(H,20,22)/t13-,15+/m1/s1. The second-order valence-electron chi connectivity index (χ2n) is 5.71. The van der Waals surface area contributed by atoms with Crippen LogP contribution in [0, 0.1) is 11.7 Å². The average molecular weight is 338 g/mol. The molecule has 1 fully saturated rings. The van der Waals surface area contributed by atoms with Gasteiger partial charge in [-0.15, -0.1) is 0 Å². The fraction of sp³-hybridized carbons (Fsp3) is 0.529. The smallest absolute Gasteiger partial charge is 0.251 e. The van der Waals surface area contributed by atoms with Gasteiger partial charge in [0.05, 0.1) is 12.7 Å². The van der Waals surface area contributed by atoms with Crippen LogP contribution < -0.4 is 10.6 Å². The minimum Gasteiger partial charge on any atom is -0.379 e. The molecule has 1 saturated heterocycles. The quantitative estimate of drug-likeness (QED) is 0.731. The zero-order chi connectivity index (χ0) is 17.4. The number of hydrogen-bond acceptors (Lipinski definition) is 4. The van der Waals surface area contributed by atoms with Crippen LogP contribution >= 0.6 is 0 Å². The molecule has 132 valence electrons. The van der Waals surface area contributed by atoms with Crippen LogP contribution in [0.2, 0.25) is 0 Å². The molecule has 0 unspecified atom stereocenters. The first kappa shape index (κ1) is 18.4. The summed E-state index contributed by atoms with van der Waals surface area (Å²) in [5.41, 5.74) is 0.382. The summed E-state index contributed by atoms with van der Waals surface area (Å²) >= 11 is 0. The highest BCUT2D eigenvalue weighted by atomic mass is 19.1. The lowest BCUT2D eigenvalue weighted by Crippen LogP contribution is -2.39. The van der Waals surface area contributed by atoms with Crippen molar-refractivity contribution in [3.63, 3.8) is 0 Å². The van der Waals surface area contributed by atoms with E-state index in [1.807, 2.05) is 0 Å². The molecule has 6 nitrogen and oxygen atoms in total. The molecule has 0 aliphatic carbocycles. The number of rotatable bonds is 7. The van der Waals surface area contributed by atoms with Gasteiger partial charge in [0.15, 0.2) is 0 Å². The van der Waals surface area contributed by atoms with E-state index in [0.717, 1.165) is 6.42 Å². The molecular weight excluding hydrogens is 315 g/mol. The van der Waals surface area contributed by atoms with E-state index in [-0.39, 0.29) is 29.7 Å². The molecular formula is C17H23FN2O4. The molecule has 2 rings (SSSR count).